The van der Waals surface area contributed by atoms with Crippen LogP contribution in [-0.4, -0.2) is 82.5 Å². The number of piperidine rings is 1. The van der Waals surface area contributed by atoms with Gasteiger partial charge in [0.05, 0.1) is 11.3 Å². The predicted octanol–water partition coefficient (Wildman–Crippen LogP) is 3.31. The van der Waals surface area contributed by atoms with Crippen LogP contribution >= 0.6 is 0 Å². The van der Waals surface area contributed by atoms with Crippen molar-refractivity contribution in [2.45, 2.75) is 45.8 Å². The minimum atomic E-state index is -0.0544. The lowest BCUT2D eigenvalue weighted by Gasteiger charge is -2.38. The smallest absolute Gasteiger partial charge is 0.244 e. The first-order chi connectivity index (χ1) is 17.8. The first-order valence-electron chi connectivity index (χ1n) is 13.1. The number of hydrogen-bond acceptors (Lipinski definition) is 7. The Labute approximate surface area is 219 Å². The number of hydrogen-bond donors (Lipinski definition) is 0. The lowest BCUT2D eigenvalue weighted by Crippen LogP contribution is -2.49. The highest BCUT2D eigenvalue weighted by atomic mass is 16.5. The van der Waals surface area contributed by atoms with Crippen molar-refractivity contribution in [3.05, 3.63) is 54.1 Å². The van der Waals surface area contributed by atoms with E-state index in [1.807, 2.05) is 37.2 Å². The third-order valence-corrected chi connectivity index (χ3v) is 7.81. The van der Waals surface area contributed by atoms with E-state index in [1.165, 1.54) is 0 Å². The Kier molecular flexibility index (Phi) is 7.15. The molecule has 4 heterocycles. The first kappa shape index (κ1) is 25.2. The number of amides is 1. The second-order valence-corrected chi connectivity index (χ2v) is 10.4. The number of nitrogens with zero attached hydrogens (tertiary/aromatic N) is 7. The first-order valence-corrected chi connectivity index (χ1v) is 13.1. The minimum Gasteiger partial charge on any atom is -0.378 e. The van der Waals surface area contributed by atoms with Gasteiger partial charge >= 0.3 is 0 Å². The number of ether oxygens (including phenoxy) is 1. The molecule has 9 heteroatoms. The average Bonchev–Trinajstić information content (AvgIpc) is 3.25. The standard InChI is InChI=1S/C28H37N7O2/c1-21-17-22(2)35(31-21)20-26(36)33-15-13-32(14-16-33)25-8-6-5-7-24(25)23-18-29-27(30-19-23)34-11-9-28(3,37-4)10-12-34/h5-8,17-19H,9-16,20H2,1-4H3. The Morgan fingerprint density at radius 3 is 2.27 bits per heavy atom. The minimum absolute atomic E-state index is 0.0544. The van der Waals surface area contributed by atoms with E-state index in [9.17, 15) is 4.79 Å². The molecular formula is C28H37N7O2. The van der Waals surface area contributed by atoms with Crippen LogP contribution in [0.5, 0.6) is 0 Å². The van der Waals surface area contributed by atoms with Gasteiger partial charge in [-0.05, 0) is 45.7 Å². The summed E-state index contributed by atoms with van der Waals surface area (Å²) in [6.07, 6.45) is 5.79. The van der Waals surface area contributed by atoms with E-state index in [0.717, 1.165) is 73.2 Å². The molecule has 2 saturated heterocycles. The molecule has 196 valence electrons. The number of aromatic nitrogens is 4. The highest BCUT2D eigenvalue weighted by molar-refractivity contribution is 5.79. The van der Waals surface area contributed by atoms with Gasteiger partial charge in [-0.2, -0.15) is 5.10 Å². The van der Waals surface area contributed by atoms with Crippen LogP contribution in [0.1, 0.15) is 31.2 Å². The fraction of sp³-hybridized carbons (Fsp3) is 0.500. The maximum Gasteiger partial charge on any atom is 0.244 e. The highest BCUT2D eigenvalue weighted by Crippen LogP contribution is 2.32. The molecule has 9 nitrogen and oxygen atoms in total. The van der Waals surface area contributed by atoms with Crippen LogP contribution < -0.4 is 9.80 Å². The summed E-state index contributed by atoms with van der Waals surface area (Å²) in [4.78, 5) is 28.9. The van der Waals surface area contributed by atoms with Gasteiger partial charge in [0.1, 0.15) is 6.54 Å². The molecule has 2 fully saturated rings. The van der Waals surface area contributed by atoms with Crippen molar-refractivity contribution in [2.24, 2.45) is 0 Å². The predicted molar refractivity (Wildman–Crippen MR) is 145 cm³/mol. The number of aryl methyl sites for hydroxylation is 2. The lowest BCUT2D eigenvalue weighted by atomic mass is 9.93. The van der Waals surface area contributed by atoms with Crippen LogP contribution in [-0.2, 0) is 16.1 Å². The summed E-state index contributed by atoms with van der Waals surface area (Å²) in [7, 11) is 1.79. The van der Waals surface area contributed by atoms with Gasteiger partial charge < -0.3 is 19.4 Å². The van der Waals surface area contributed by atoms with E-state index >= 15 is 0 Å². The molecule has 0 saturated carbocycles. The summed E-state index contributed by atoms with van der Waals surface area (Å²) in [5.41, 5.74) is 5.16. The third kappa shape index (κ3) is 5.46. The summed E-state index contributed by atoms with van der Waals surface area (Å²) in [5.74, 6) is 0.890. The van der Waals surface area contributed by atoms with Crippen LogP contribution in [0, 0.1) is 13.8 Å². The van der Waals surface area contributed by atoms with Gasteiger partial charge in [-0.3, -0.25) is 9.48 Å². The lowest BCUT2D eigenvalue weighted by molar-refractivity contribution is -0.132. The van der Waals surface area contributed by atoms with Crippen molar-refractivity contribution in [3.63, 3.8) is 0 Å². The third-order valence-electron chi connectivity index (χ3n) is 7.81. The van der Waals surface area contributed by atoms with Gasteiger partial charge in [0, 0.05) is 81.3 Å². The molecule has 2 aliphatic rings. The zero-order valence-corrected chi connectivity index (χ0v) is 22.4. The maximum absolute atomic E-state index is 12.9. The Bertz CT molecular complexity index is 1220. The van der Waals surface area contributed by atoms with E-state index in [1.54, 1.807) is 11.8 Å². The van der Waals surface area contributed by atoms with Crippen molar-refractivity contribution in [2.75, 3.05) is 56.2 Å². The molecular weight excluding hydrogens is 466 g/mol. The molecule has 0 N–H and O–H groups in total. The van der Waals surface area contributed by atoms with Crippen LogP contribution in [0.3, 0.4) is 0 Å². The topological polar surface area (TPSA) is 79.6 Å². The van der Waals surface area contributed by atoms with Crippen molar-refractivity contribution in [3.8, 4) is 11.1 Å². The second kappa shape index (κ2) is 10.5. The molecule has 2 aliphatic heterocycles. The van der Waals surface area contributed by atoms with Gasteiger partial charge in [0.15, 0.2) is 0 Å². The summed E-state index contributed by atoms with van der Waals surface area (Å²) in [5, 5.41) is 4.44. The summed E-state index contributed by atoms with van der Waals surface area (Å²) in [6, 6.07) is 10.4. The van der Waals surface area contributed by atoms with Gasteiger partial charge in [-0.1, -0.05) is 18.2 Å². The van der Waals surface area contributed by atoms with Gasteiger partial charge in [-0.25, -0.2) is 9.97 Å². The number of carbonyl (C=O) groups is 1. The van der Waals surface area contributed by atoms with Crippen LogP contribution in [0.15, 0.2) is 42.7 Å². The molecule has 5 rings (SSSR count). The van der Waals surface area contributed by atoms with Gasteiger partial charge in [0.2, 0.25) is 11.9 Å². The fourth-order valence-electron chi connectivity index (χ4n) is 5.26. The molecule has 0 radical (unpaired) electrons. The Balaban J connectivity index is 1.23. The molecule has 2 aromatic heterocycles. The summed E-state index contributed by atoms with van der Waals surface area (Å²) < 4.78 is 7.46. The SMILES string of the molecule is COC1(C)CCN(c2ncc(-c3ccccc3N3CCN(C(=O)Cn4nc(C)cc4C)CC3)cn2)CC1. The number of para-hydroxylation sites is 1. The van der Waals surface area contributed by atoms with Crippen molar-refractivity contribution >= 4 is 17.5 Å². The average molecular weight is 504 g/mol. The molecule has 1 aromatic carbocycles. The molecule has 0 spiro atoms. The van der Waals surface area contributed by atoms with E-state index in [-0.39, 0.29) is 11.5 Å². The number of piperazine rings is 1. The van der Waals surface area contributed by atoms with Gasteiger partial charge in [-0.15, -0.1) is 0 Å². The Hall–Kier alpha value is -3.46. The van der Waals surface area contributed by atoms with E-state index in [2.05, 4.69) is 46.1 Å². The Morgan fingerprint density at radius 2 is 1.65 bits per heavy atom. The van der Waals surface area contributed by atoms with E-state index in [4.69, 9.17) is 14.7 Å². The quantitative estimate of drug-likeness (QED) is 0.511. The molecule has 3 aromatic rings. The van der Waals surface area contributed by atoms with E-state index in [0.29, 0.717) is 19.6 Å². The number of carbonyl (C=O) groups excluding carboxylic acids is 1. The van der Waals surface area contributed by atoms with Crippen LogP contribution in [0.4, 0.5) is 11.6 Å². The van der Waals surface area contributed by atoms with Crippen LogP contribution in [0.25, 0.3) is 11.1 Å². The molecule has 0 unspecified atom stereocenters. The highest BCUT2D eigenvalue weighted by Gasteiger charge is 2.30. The maximum atomic E-state index is 12.9. The summed E-state index contributed by atoms with van der Waals surface area (Å²) >= 11 is 0. The normalized spacial score (nSPS) is 17.8. The molecule has 0 bridgehead atoms. The number of rotatable bonds is 6. The molecule has 37 heavy (non-hydrogen) atoms. The molecule has 0 atom stereocenters. The van der Waals surface area contributed by atoms with Gasteiger partial charge in [0.25, 0.3) is 0 Å². The number of anilines is 2. The van der Waals surface area contributed by atoms with Crippen molar-refractivity contribution in [1.82, 2.24) is 24.6 Å². The van der Waals surface area contributed by atoms with Crippen molar-refractivity contribution in [1.29, 1.82) is 0 Å². The molecule has 0 aliphatic carbocycles. The van der Waals surface area contributed by atoms with Crippen LogP contribution in [0.2, 0.25) is 0 Å². The molecule has 1 amide bonds. The number of benzene rings is 1. The van der Waals surface area contributed by atoms with E-state index < -0.39 is 0 Å². The zero-order chi connectivity index (χ0) is 26.0. The number of methoxy groups -OCH3 is 1. The largest absolute Gasteiger partial charge is 0.378 e. The zero-order valence-electron chi connectivity index (χ0n) is 22.4. The summed E-state index contributed by atoms with van der Waals surface area (Å²) in [6.45, 7) is 11.1. The fourth-order valence-corrected chi connectivity index (χ4v) is 5.26. The monoisotopic (exact) mass is 503 g/mol. The Morgan fingerprint density at radius 1 is 0.973 bits per heavy atom. The second-order valence-electron chi connectivity index (χ2n) is 10.4. The van der Waals surface area contributed by atoms with Crippen molar-refractivity contribution < 1.29 is 9.53 Å².